The second-order valence-corrected chi connectivity index (χ2v) is 39.6. The minimum atomic E-state index is -1.13. The molecule has 0 aromatic carbocycles. The summed E-state index contributed by atoms with van der Waals surface area (Å²) in [6.45, 7) is 40.7. The summed E-state index contributed by atoms with van der Waals surface area (Å²) in [7, 11) is 5.76. The van der Waals surface area contributed by atoms with E-state index in [1.165, 1.54) is 65.1 Å². The number of halogens is 1. The maximum absolute atomic E-state index is 14.1. The summed E-state index contributed by atoms with van der Waals surface area (Å²) in [5.74, 6) is 22.5. The number of methoxy groups -OCH3 is 3. The normalized spacial score (nSPS) is 21.0. The molecule has 4 atom stereocenters. The molecule has 6 fully saturated rings. The van der Waals surface area contributed by atoms with Crippen LogP contribution in [0.1, 0.15) is 227 Å². The molecule has 10 rings (SSSR count). The number of likely N-dealkylation sites (N-methyl/N-ethyl adjacent to an activating group) is 4. The van der Waals surface area contributed by atoms with Gasteiger partial charge in [-0.05, 0) is 207 Å². The van der Waals surface area contributed by atoms with Gasteiger partial charge in [-0.1, -0.05) is 61.2 Å². The number of nitrogens with two attached hydrogens (primary N) is 1. The van der Waals surface area contributed by atoms with Crippen LogP contribution in [0.25, 0.3) is 0 Å². The van der Waals surface area contributed by atoms with Crippen LogP contribution in [0.4, 0.5) is 17.1 Å². The Balaban J connectivity index is 0.000000247. The van der Waals surface area contributed by atoms with E-state index in [0.29, 0.717) is 122 Å². The molecule has 121 heavy (non-hydrogen) atoms. The van der Waals surface area contributed by atoms with Crippen LogP contribution in [0.3, 0.4) is 0 Å². The van der Waals surface area contributed by atoms with Crippen molar-refractivity contribution < 1.29 is 86.2 Å². The highest BCUT2D eigenvalue weighted by Gasteiger charge is 2.44. The minimum absolute atomic E-state index is 0.0239. The van der Waals surface area contributed by atoms with E-state index in [0.717, 1.165) is 76.9 Å². The summed E-state index contributed by atoms with van der Waals surface area (Å²) >= 11 is 8.16. The van der Waals surface area contributed by atoms with Gasteiger partial charge in [0.2, 0.25) is 35.4 Å². The van der Waals surface area contributed by atoms with Crippen molar-refractivity contribution in [1.82, 2.24) is 19.6 Å². The predicted molar refractivity (Wildman–Crippen MR) is 479 cm³/mol. The highest BCUT2D eigenvalue weighted by Crippen LogP contribution is 2.41. The Morgan fingerprint density at radius 2 is 0.826 bits per heavy atom. The first-order chi connectivity index (χ1) is 56.9. The zero-order valence-corrected chi connectivity index (χ0v) is 79.2. The number of hydrogen-bond acceptors (Lipinski definition) is 23. The number of carbonyl (C=O) groups is 10. The molecule has 4 saturated heterocycles. The van der Waals surface area contributed by atoms with Crippen molar-refractivity contribution >= 4 is 138 Å². The summed E-state index contributed by atoms with van der Waals surface area (Å²) in [4.78, 5) is 141. The Labute approximate surface area is 740 Å². The number of carboxylic acids is 1. The van der Waals surface area contributed by atoms with Crippen LogP contribution < -0.4 is 20.9 Å². The van der Waals surface area contributed by atoms with Crippen LogP contribution >= 0.6 is 61.3 Å². The maximum atomic E-state index is 14.1. The van der Waals surface area contributed by atoms with Crippen LogP contribution in [0.15, 0.2) is 28.7 Å². The fraction of sp³-hybridized carbons (Fsp3) is 0.622. The molecule has 2 saturated carbocycles. The van der Waals surface area contributed by atoms with Gasteiger partial charge in [-0.15, -0.1) is 45.3 Å². The monoisotopic (exact) mass is 1810 g/mol. The van der Waals surface area contributed by atoms with Gasteiger partial charge in [0.05, 0.1) is 111 Å². The molecule has 2 aliphatic carbocycles. The number of rotatable bonds is 15. The molecule has 4 aromatic rings. The Hall–Kier alpha value is -8.18. The van der Waals surface area contributed by atoms with E-state index in [1.807, 2.05) is 110 Å². The molecule has 664 valence electrons. The lowest BCUT2D eigenvalue weighted by Gasteiger charge is -2.36. The summed E-state index contributed by atoms with van der Waals surface area (Å²) in [5.41, 5.74) is 5.99. The lowest BCUT2D eigenvalue weighted by Crippen LogP contribution is -2.54. The Kier molecular flexibility index (Phi) is 39.5. The van der Waals surface area contributed by atoms with Crippen molar-refractivity contribution in [2.24, 2.45) is 51.1 Å². The molecule has 6 aliphatic rings. The molecular formula is C90H125BrN8O18S4. The zero-order chi connectivity index (χ0) is 90.0. The molecule has 0 bridgehead atoms. The summed E-state index contributed by atoms with van der Waals surface area (Å²) in [6.07, 6.45) is 6.83. The van der Waals surface area contributed by atoms with Crippen molar-refractivity contribution in [2.45, 2.75) is 193 Å². The third-order valence-corrected chi connectivity index (χ3v) is 24.9. The number of esters is 3. The molecule has 6 amide bonds. The fourth-order valence-corrected chi connectivity index (χ4v) is 17.4. The average molecular weight is 1820 g/mol. The Bertz CT molecular complexity index is 4500. The minimum Gasteiger partial charge on any atom is -0.477 e. The summed E-state index contributed by atoms with van der Waals surface area (Å²) < 4.78 is 37.5. The van der Waals surface area contributed by atoms with Crippen molar-refractivity contribution in [2.75, 3.05) is 142 Å². The van der Waals surface area contributed by atoms with Crippen LogP contribution in [0, 0.1) is 92.7 Å². The highest BCUT2D eigenvalue weighted by atomic mass is 79.9. The number of ether oxygens (including phenoxy) is 7. The molecular weight excluding hydrogens is 1690 g/mol. The lowest BCUT2D eigenvalue weighted by molar-refractivity contribution is -0.135. The molecule has 8 heterocycles. The smallest absolute Gasteiger partial charge is 0.350 e. The number of nitrogens with zero attached hydrogens (tertiary/aromatic N) is 6. The molecule has 4 aliphatic heterocycles. The van der Waals surface area contributed by atoms with Crippen molar-refractivity contribution in [3.8, 4) is 47.4 Å². The topological polar surface area (TPSA) is 313 Å². The molecule has 0 spiro atoms. The van der Waals surface area contributed by atoms with Crippen LogP contribution in [0.2, 0.25) is 0 Å². The number of carbonyl (C=O) groups excluding carboxylic acids is 9. The van der Waals surface area contributed by atoms with E-state index in [2.05, 4.69) is 87.2 Å². The first kappa shape index (κ1) is 102. The van der Waals surface area contributed by atoms with E-state index in [-0.39, 0.29) is 110 Å². The maximum Gasteiger partial charge on any atom is 0.350 e. The lowest BCUT2D eigenvalue weighted by atomic mass is 9.82. The Morgan fingerprint density at radius 3 is 1.23 bits per heavy atom. The third-order valence-electron chi connectivity index (χ3n) is 19.9. The number of nitrogens with one attached hydrogen (secondary N) is 1. The van der Waals surface area contributed by atoms with Crippen molar-refractivity contribution in [1.29, 1.82) is 0 Å². The zero-order valence-electron chi connectivity index (χ0n) is 74.4. The number of aromatic carboxylic acids is 1. The van der Waals surface area contributed by atoms with Crippen molar-refractivity contribution in [3.05, 3.63) is 67.8 Å². The van der Waals surface area contributed by atoms with Crippen LogP contribution in [0.5, 0.6) is 0 Å². The standard InChI is InChI=1S/C27H38N2O5S.C26H36N2O5S.C19H26N2O4S.C12H13BrO2S.C6H12N2O2/c1-7-28-14-15-34-17-22(25(28)31)29(24(30)19-10-8-18(2)9-11-19)21-16-20(12-13-27(3,4)5)35-23(21)26(32)33-6;1-6-27-13-14-33-16-21(24(27)30)28(23(29)18-9-7-17(2)8-10-18)20-15-19(11-12-26(3,4)5)34-22(20)25(31)32;1-6-21-9-10-25-12-15(17(21)22)20-14-11-13(7-8-19(2,3)4)26-16(14)18(23)24-5;1-12(2,3)6-5-8-7-9(13)10(16-8)11(14)15-4;1-8-2-3-10-4-5(7)6(8)9/h16,18-19,22H,7-11,14-15,17H2,1-6H3;15,17-18,21H,6-10,13-14,16H2,1-5H3,(H,31,32);11,15,20H,6,9-10,12H2,1-5H3;7H,1-4H3;5H,2-4,7H2,1H3/t18?,19?,22-;17?,18?,21-;15-;;5-/m111.0/s1. The first-order valence-electron chi connectivity index (χ1n) is 41.3. The first-order valence-corrected chi connectivity index (χ1v) is 45.3. The number of anilines is 3. The molecule has 31 heteroatoms. The predicted octanol–water partition coefficient (Wildman–Crippen LogP) is 13.7. The second kappa shape index (κ2) is 47.1. The van der Waals surface area contributed by atoms with E-state index in [9.17, 15) is 53.1 Å². The van der Waals surface area contributed by atoms with Gasteiger partial charge in [-0.3, -0.25) is 38.6 Å². The van der Waals surface area contributed by atoms with Gasteiger partial charge in [0.15, 0.2) is 0 Å². The summed E-state index contributed by atoms with van der Waals surface area (Å²) in [5, 5.41) is 13.2. The quantitative estimate of drug-likeness (QED) is 0.0565. The van der Waals surface area contributed by atoms with Gasteiger partial charge < -0.3 is 68.9 Å². The molecule has 4 N–H and O–H groups in total. The average Bonchev–Trinajstić information content (AvgIpc) is 1.68. The van der Waals surface area contributed by atoms with Gasteiger partial charge in [0, 0.05) is 90.8 Å². The molecule has 0 unspecified atom stereocenters. The molecule has 4 aromatic heterocycles. The van der Waals surface area contributed by atoms with Gasteiger partial charge in [0.25, 0.3) is 0 Å². The van der Waals surface area contributed by atoms with Gasteiger partial charge in [0.1, 0.15) is 43.7 Å². The SMILES string of the molecule is CCN1CCOC[C@@H](N(C(=O)C2CCC(C)CC2)c2cc(C#CC(C)(C)C)sc2C(=O)O)C1=O.CCN1CCOC[C@@H](N(C(=O)C2CCC(C)CC2)c2cc(C#CC(C)(C)C)sc2C(=O)OC)C1=O.CCN1CCOC[C@@H](Nc2cc(C#CC(C)(C)C)sc2C(=O)OC)C1=O.CN1CCOC[C@H](N)C1=O.COC(=O)c1sc(C#CC(C)(C)C)cc1Br. The fourth-order valence-electron chi connectivity index (χ4n) is 13.2. The van der Waals surface area contributed by atoms with E-state index in [4.69, 9.17) is 34.2 Å². The number of carboxylic acid groups (broad SMARTS) is 1. The van der Waals surface area contributed by atoms with Gasteiger partial charge >= 0.3 is 23.9 Å². The largest absolute Gasteiger partial charge is 0.477 e. The van der Waals surface area contributed by atoms with E-state index in [1.54, 1.807) is 44.8 Å². The van der Waals surface area contributed by atoms with Gasteiger partial charge in [-0.25, -0.2) is 19.2 Å². The van der Waals surface area contributed by atoms with Crippen molar-refractivity contribution in [3.63, 3.8) is 0 Å². The number of hydrogen-bond donors (Lipinski definition) is 3. The third kappa shape index (κ3) is 31.2. The summed E-state index contributed by atoms with van der Waals surface area (Å²) in [6, 6.07) is 4.31. The van der Waals surface area contributed by atoms with Gasteiger partial charge in [-0.2, -0.15) is 0 Å². The second-order valence-electron chi connectivity index (χ2n) is 34.5. The highest BCUT2D eigenvalue weighted by molar-refractivity contribution is 9.10. The van der Waals surface area contributed by atoms with E-state index < -0.39 is 42.1 Å². The van der Waals surface area contributed by atoms with Crippen LogP contribution in [-0.2, 0) is 61.9 Å². The number of amides is 6. The molecule has 26 nitrogen and oxygen atoms in total. The molecule has 0 radical (unpaired) electrons. The van der Waals surface area contributed by atoms with Crippen LogP contribution in [-0.4, -0.2) is 235 Å². The Morgan fingerprint density at radius 1 is 0.488 bits per heavy atom. The number of thiophene rings is 4. The van der Waals surface area contributed by atoms with E-state index >= 15 is 0 Å².